The van der Waals surface area contributed by atoms with Gasteiger partial charge in [0, 0.05) is 12.3 Å². The van der Waals surface area contributed by atoms with E-state index in [9.17, 15) is 16.8 Å². The van der Waals surface area contributed by atoms with E-state index in [0.29, 0.717) is 6.42 Å². The average Bonchev–Trinajstić information content (AvgIpc) is 2.27. The van der Waals surface area contributed by atoms with Crippen LogP contribution in [0.25, 0.3) is 0 Å². The van der Waals surface area contributed by atoms with Gasteiger partial charge in [0.1, 0.15) is 0 Å². The molecule has 0 aromatic heterocycles. The van der Waals surface area contributed by atoms with Gasteiger partial charge in [0.15, 0.2) is 9.84 Å². The highest BCUT2D eigenvalue weighted by Gasteiger charge is 2.18. The topological polar surface area (TPSA) is 80.3 Å². The van der Waals surface area contributed by atoms with Gasteiger partial charge in [0.05, 0.1) is 9.79 Å². The number of sulfonamides is 1. The summed E-state index contributed by atoms with van der Waals surface area (Å²) in [4.78, 5) is -0.0414. The highest BCUT2D eigenvalue weighted by Crippen LogP contribution is 2.16. The molecule has 1 rings (SSSR count). The molecule has 0 fully saturated rings. The molecule has 1 aromatic rings. The zero-order valence-corrected chi connectivity index (χ0v) is 12.2. The summed E-state index contributed by atoms with van der Waals surface area (Å²) in [5, 5.41) is 0. The van der Waals surface area contributed by atoms with E-state index in [4.69, 9.17) is 0 Å². The highest BCUT2D eigenvalue weighted by atomic mass is 32.2. The number of hydrogen-bond donors (Lipinski definition) is 1. The smallest absolute Gasteiger partial charge is 0.224 e. The van der Waals surface area contributed by atoms with Gasteiger partial charge in [0.2, 0.25) is 10.0 Å². The van der Waals surface area contributed by atoms with Crippen LogP contribution in [0.1, 0.15) is 20.3 Å². The lowest BCUT2D eigenvalue weighted by molar-refractivity contribution is 0.555. The largest absolute Gasteiger partial charge is 0.240 e. The van der Waals surface area contributed by atoms with Crippen LogP contribution in [-0.2, 0) is 19.9 Å². The Morgan fingerprint density at radius 3 is 2.22 bits per heavy atom. The van der Waals surface area contributed by atoms with E-state index in [-0.39, 0.29) is 15.8 Å². The highest BCUT2D eigenvalue weighted by molar-refractivity contribution is 7.91. The molecule has 0 spiro atoms. The van der Waals surface area contributed by atoms with Gasteiger partial charge in [-0.25, -0.2) is 21.6 Å². The molecule has 5 nitrogen and oxygen atoms in total. The molecule has 1 aromatic carbocycles. The molecule has 0 aliphatic rings. The lowest BCUT2D eigenvalue weighted by atomic mass is 10.3. The normalized spacial score (nSPS) is 14.4. The molecule has 1 unspecified atom stereocenters. The van der Waals surface area contributed by atoms with Crippen molar-refractivity contribution in [3.05, 3.63) is 24.3 Å². The minimum absolute atomic E-state index is 0.00507. The van der Waals surface area contributed by atoms with E-state index in [0.717, 1.165) is 6.26 Å². The van der Waals surface area contributed by atoms with Crippen LogP contribution in [0, 0.1) is 0 Å². The Kier molecular flexibility index (Phi) is 4.52. The van der Waals surface area contributed by atoms with E-state index in [1.165, 1.54) is 24.3 Å². The van der Waals surface area contributed by atoms with Gasteiger partial charge in [-0.05, 0) is 31.5 Å². The van der Waals surface area contributed by atoms with E-state index >= 15 is 0 Å². The SMILES string of the molecule is CCC(C)NS(=O)(=O)c1cccc(S(C)(=O)=O)c1. The lowest BCUT2D eigenvalue weighted by Gasteiger charge is -2.12. The van der Waals surface area contributed by atoms with Gasteiger partial charge in [-0.1, -0.05) is 13.0 Å². The summed E-state index contributed by atoms with van der Waals surface area (Å²) >= 11 is 0. The molecular weight excluding hydrogens is 274 g/mol. The first kappa shape index (κ1) is 15.1. The number of rotatable bonds is 5. The molecule has 0 saturated carbocycles. The molecule has 0 aliphatic heterocycles. The van der Waals surface area contributed by atoms with E-state index in [2.05, 4.69) is 4.72 Å². The molecule has 0 radical (unpaired) electrons. The minimum Gasteiger partial charge on any atom is -0.224 e. The van der Waals surface area contributed by atoms with Gasteiger partial charge in [-0.2, -0.15) is 0 Å². The molecule has 0 saturated heterocycles. The monoisotopic (exact) mass is 291 g/mol. The average molecular weight is 291 g/mol. The van der Waals surface area contributed by atoms with Crippen molar-refractivity contribution < 1.29 is 16.8 Å². The summed E-state index contributed by atoms with van der Waals surface area (Å²) in [6.07, 6.45) is 1.70. The maximum absolute atomic E-state index is 12.0. The second-order valence-corrected chi connectivity index (χ2v) is 7.91. The third-order valence-electron chi connectivity index (χ3n) is 2.51. The number of hydrogen-bond acceptors (Lipinski definition) is 4. The van der Waals surface area contributed by atoms with Crippen LogP contribution in [0.4, 0.5) is 0 Å². The fourth-order valence-corrected chi connectivity index (χ4v) is 3.40. The Morgan fingerprint density at radius 2 is 1.72 bits per heavy atom. The lowest BCUT2D eigenvalue weighted by Crippen LogP contribution is -2.32. The van der Waals surface area contributed by atoms with Crippen LogP contribution in [0.2, 0.25) is 0 Å². The zero-order chi connectivity index (χ0) is 14.0. The molecule has 0 aliphatic carbocycles. The first-order valence-electron chi connectivity index (χ1n) is 5.49. The van der Waals surface area contributed by atoms with Gasteiger partial charge in [0.25, 0.3) is 0 Å². The molecule has 1 atom stereocenters. The number of benzene rings is 1. The second kappa shape index (κ2) is 5.38. The predicted molar refractivity (Wildman–Crippen MR) is 69.6 cm³/mol. The van der Waals surface area contributed by atoms with Crippen molar-refractivity contribution >= 4 is 19.9 Å². The Bertz CT molecular complexity index is 620. The molecule has 18 heavy (non-hydrogen) atoms. The predicted octanol–water partition coefficient (Wildman–Crippen LogP) is 1.17. The van der Waals surface area contributed by atoms with Crippen LogP contribution in [0.15, 0.2) is 34.1 Å². The minimum atomic E-state index is -3.67. The van der Waals surface area contributed by atoms with E-state index in [1.54, 1.807) is 6.92 Å². The third-order valence-corrected chi connectivity index (χ3v) is 5.21. The number of nitrogens with one attached hydrogen (secondary N) is 1. The maximum atomic E-state index is 12.0. The Balaban J connectivity index is 3.19. The molecule has 7 heteroatoms. The summed E-state index contributed by atoms with van der Waals surface area (Å²) < 4.78 is 49.2. The van der Waals surface area contributed by atoms with Gasteiger partial charge < -0.3 is 0 Å². The summed E-state index contributed by atoms with van der Waals surface area (Å²) in [7, 11) is -7.08. The van der Waals surface area contributed by atoms with Crippen molar-refractivity contribution in [2.24, 2.45) is 0 Å². The zero-order valence-electron chi connectivity index (χ0n) is 10.5. The van der Waals surface area contributed by atoms with Gasteiger partial charge >= 0.3 is 0 Å². The van der Waals surface area contributed by atoms with Crippen LogP contribution in [-0.4, -0.2) is 29.1 Å². The van der Waals surface area contributed by atoms with Crippen LogP contribution >= 0.6 is 0 Å². The van der Waals surface area contributed by atoms with Crippen molar-refractivity contribution in [2.45, 2.75) is 36.1 Å². The van der Waals surface area contributed by atoms with E-state index in [1.807, 2.05) is 6.92 Å². The Hall–Kier alpha value is -0.920. The summed E-state index contributed by atoms with van der Waals surface area (Å²) in [6.45, 7) is 3.61. The third kappa shape index (κ3) is 3.79. The molecule has 0 heterocycles. The first-order valence-corrected chi connectivity index (χ1v) is 8.86. The molecule has 0 amide bonds. The molecule has 102 valence electrons. The van der Waals surface area contributed by atoms with Gasteiger partial charge in [-0.15, -0.1) is 0 Å². The van der Waals surface area contributed by atoms with E-state index < -0.39 is 19.9 Å². The van der Waals surface area contributed by atoms with Crippen molar-refractivity contribution in [1.29, 1.82) is 0 Å². The van der Waals surface area contributed by atoms with Crippen molar-refractivity contribution in [3.63, 3.8) is 0 Å². The maximum Gasteiger partial charge on any atom is 0.240 e. The summed E-state index contributed by atoms with van der Waals surface area (Å²) in [6, 6.07) is 5.13. The van der Waals surface area contributed by atoms with Crippen LogP contribution < -0.4 is 4.72 Å². The summed E-state index contributed by atoms with van der Waals surface area (Å²) in [5.41, 5.74) is 0. The van der Waals surface area contributed by atoms with Crippen LogP contribution in [0.3, 0.4) is 0 Å². The van der Waals surface area contributed by atoms with Crippen molar-refractivity contribution in [3.8, 4) is 0 Å². The quantitative estimate of drug-likeness (QED) is 0.883. The van der Waals surface area contributed by atoms with Crippen LogP contribution in [0.5, 0.6) is 0 Å². The standard InChI is InChI=1S/C11H17NO4S2/c1-4-9(2)12-18(15,16)11-7-5-6-10(8-11)17(3,13)14/h5-9,12H,4H2,1-3H3. The van der Waals surface area contributed by atoms with Gasteiger partial charge in [-0.3, -0.25) is 0 Å². The Morgan fingerprint density at radius 1 is 1.17 bits per heavy atom. The first-order chi connectivity index (χ1) is 8.16. The number of sulfone groups is 1. The summed E-state index contributed by atoms with van der Waals surface area (Å²) in [5.74, 6) is 0. The Labute approximate surface area is 108 Å². The fraction of sp³-hybridized carbons (Fsp3) is 0.455. The fourth-order valence-electron chi connectivity index (χ4n) is 1.29. The molecular formula is C11H17NO4S2. The van der Waals surface area contributed by atoms with Crippen molar-refractivity contribution in [1.82, 2.24) is 4.72 Å². The van der Waals surface area contributed by atoms with Crippen molar-refractivity contribution in [2.75, 3.05) is 6.26 Å². The molecule has 0 bridgehead atoms. The molecule has 1 N–H and O–H groups in total. The second-order valence-electron chi connectivity index (χ2n) is 4.18.